The molecule has 0 saturated carbocycles. The van der Waals surface area contributed by atoms with E-state index in [1.165, 1.54) is 5.56 Å². The van der Waals surface area contributed by atoms with E-state index in [9.17, 15) is 5.11 Å². The largest absolute Gasteiger partial charge is 0.389 e. The van der Waals surface area contributed by atoms with E-state index in [2.05, 4.69) is 39.8 Å². The molecule has 0 bridgehead atoms. The van der Waals surface area contributed by atoms with E-state index in [1.54, 1.807) is 0 Å². The topological polar surface area (TPSA) is 20.2 Å². The highest BCUT2D eigenvalue weighted by molar-refractivity contribution is 5.22. The Hall–Kier alpha value is -0.820. The van der Waals surface area contributed by atoms with E-state index in [0.717, 1.165) is 0 Å². The van der Waals surface area contributed by atoms with Crippen LogP contribution in [-0.4, -0.2) is 10.7 Å². The monoisotopic (exact) mass is 206 g/mol. The maximum absolute atomic E-state index is 10.6. The summed E-state index contributed by atoms with van der Waals surface area (Å²) in [5.41, 5.74) is 0.369. The highest BCUT2D eigenvalue weighted by Crippen LogP contribution is 2.40. The van der Waals surface area contributed by atoms with Gasteiger partial charge in [-0.3, -0.25) is 0 Å². The van der Waals surface area contributed by atoms with Gasteiger partial charge in [0.2, 0.25) is 0 Å². The molecule has 0 spiro atoms. The first-order valence-corrected chi connectivity index (χ1v) is 5.54. The average molecular weight is 206 g/mol. The minimum absolute atomic E-state index is 0.123. The van der Waals surface area contributed by atoms with Gasteiger partial charge in [-0.2, -0.15) is 0 Å². The molecular formula is C14H22O. The fraction of sp³-hybridized carbons (Fsp3) is 0.571. The van der Waals surface area contributed by atoms with Crippen molar-refractivity contribution in [2.24, 2.45) is 5.41 Å². The Morgan fingerprint density at radius 2 is 1.47 bits per heavy atom. The summed E-state index contributed by atoms with van der Waals surface area (Å²) in [6.07, 6.45) is 0. The molecule has 1 aromatic rings. The van der Waals surface area contributed by atoms with Gasteiger partial charge in [-0.1, -0.05) is 58.0 Å². The Kier molecular flexibility index (Phi) is 3.25. The van der Waals surface area contributed by atoms with Crippen molar-refractivity contribution in [2.45, 2.75) is 46.1 Å². The quantitative estimate of drug-likeness (QED) is 0.784. The van der Waals surface area contributed by atoms with Crippen molar-refractivity contribution in [3.63, 3.8) is 0 Å². The lowest BCUT2D eigenvalue weighted by atomic mass is 9.69. The molecule has 0 heterocycles. The third kappa shape index (κ3) is 2.40. The molecule has 0 saturated heterocycles. The van der Waals surface area contributed by atoms with Crippen molar-refractivity contribution in [1.29, 1.82) is 0 Å². The summed E-state index contributed by atoms with van der Waals surface area (Å²) < 4.78 is 0. The molecule has 0 unspecified atom stereocenters. The first kappa shape index (κ1) is 12.3. The van der Waals surface area contributed by atoms with Gasteiger partial charge in [-0.25, -0.2) is 0 Å². The van der Waals surface area contributed by atoms with E-state index in [4.69, 9.17) is 0 Å². The maximum Gasteiger partial charge on any atom is 0.0733 e. The first-order chi connectivity index (χ1) is 6.77. The van der Waals surface area contributed by atoms with Gasteiger partial charge in [0.15, 0.2) is 0 Å². The number of rotatable bonds is 2. The van der Waals surface area contributed by atoms with Crippen LogP contribution in [0.5, 0.6) is 0 Å². The van der Waals surface area contributed by atoms with Crippen LogP contribution < -0.4 is 0 Å². The second-order valence-electron chi connectivity index (χ2n) is 5.53. The van der Waals surface area contributed by atoms with Gasteiger partial charge in [0.25, 0.3) is 0 Å². The van der Waals surface area contributed by atoms with Gasteiger partial charge < -0.3 is 5.11 Å². The molecule has 1 N–H and O–H groups in total. The Bertz CT molecular complexity index is 306. The van der Waals surface area contributed by atoms with Gasteiger partial charge >= 0.3 is 0 Å². The van der Waals surface area contributed by atoms with Crippen molar-refractivity contribution in [3.05, 3.63) is 35.9 Å². The average Bonchev–Trinajstić information content (AvgIpc) is 2.16. The predicted octanol–water partition coefficient (Wildman–Crippen LogP) is 3.59. The minimum atomic E-state index is -0.700. The molecule has 84 valence electrons. The van der Waals surface area contributed by atoms with Gasteiger partial charge in [0.05, 0.1) is 5.60 Å². The summed E-state index contributed by atoms with van der Waals surface area (Å²) in [7, 11) is 0. The predicted molar refractivity (Wildman–Crippen MR) is 64.9 cm³/mol. The van der Waals surface area contributed by atoms with Crippen LogP contribution in [0, 0.1) is 5.41 Å². The molecule has 1 rings (SSSR count). The van der Waals surface area contributed by atoms with Crippen LogP contribution in [0.15, 0.2) is 30.3 Å². The zero-order valence-corrected chi connectivity index (χ0v) is 10.4. The van der Waals surface area contributed by atoms with Crippen molar-refractivity contribution in [2.75, 3.05) is 0 Å². The maximum atomic E-state index is 10.6. The van der Waals surface area contributed by atoms with E-state index >= 15 is 0 Å². The van der Waals surface area contributed by atoms with Crippen LogP contribution >= 0.6 is 0 Å². The van der Waals surface area contributed by atoms with Crippen molar-refractivity contribution in [1.82, 2.24) is 0 Å². The Balaban J connectivity index is 3.00. The molecule has 1 heteroatoms. The lowest BCUT2D eigenvalue weighted by Crippen LogP contribution is -2.44. The van der Waals surface area contributed by atoms with Crippen LogP contribution in [-0.2, 0) is 0 Å². The second kappa shape index (κ2) is 3.97. The third-order valence-corrected chi connectivity index (χ3v) is 3.66. The molecule has 0 amide bonds. The molecule has 15 heavy (non-hydrogen) atoms. The summed E-state index contributed by atoms with van der Waals surface area (Å²) in [5.74, 6) is 0.138. The second-order valence-corrected chi connectivity index (χ2v) is 5.53. The molecule has 1 nitrogen and oxygen atoms in total. The molecular weight excluding hydrogens is 184 g/mol. The molecule has 0 aliphatic rings. The lowest BCUT2D eigenvalue weighted by Gasteiger charge is -2.42. The van der Waals surface area contributed by atoms with Gasteiger partial charge in [0.1, 0.15) is 0 Å². The van der Waals surface area contributed by atoms with E-state index in [-0.39, 0.29) is 11.3 Å². The number of hydrogen-bond donors (Lipinski definition) is 1. The summed E-state index contributed by atoms with van der Waals surface area (Å²) >= 11 is 0. The van der Waals surface area contributed by atoms with Crippen molar-refractivity contribution in [3.8, 4) is 0 Å². The molecule has 0 aliphatic carbocycles. The fourth-order valence-electron chi connectivity index (χ4n) is 1.72. The first-order valence-electron chi connectivity index (χ1n) is 5.54. The smallest absolute Gasteiger partial charge is 0.0733 e. The molecule has 0 aliphatic heterocycles. The van der Waals surface area contributed by atoms with Gasteiger partial charge in [-0.15, -0.1) is 0 Å². The van der Waals surface area contributed by atoms with Gasteiger partial charge in [0, 0.05) is 5.92 Å². The summed E-state index contributed by atoms with van der Waals surface area (Å²) in [6.45, 7) is 10.2. The van der Waals surface area contributed by atoms with Crippen LogP contribution in [0.1, 0.15) is 46.1 Å². The summed E-state index contributed by atoms with van der Waals surface area (Å²) in [6, 6.07) is 10.2. The standard InChI is InChI=1S/C14H22O/c1-11(12-9-7-6-8-10-12)14(5,15)13(2,3)4/h6-11,15H,1-5H3/t11-,14+/m0/s1. The van der Waals surface area contributed by atoms with E-state index in [0.29, 0.717) is 0 Å². The zero-order valence-electron chi connectivity index (χ0n) is 10.4. The fourth-order valence-corrected chi connectivity index (χ4v) is 1.72. The van der Waals surface area contributed by atoms with Crippen LogP contribution in [0.2, 0.25) is 0 Å². The lowest BCUT2D eigenvalue weighted by molar-refractivity contribution is -0.0599. The molecule has 2 atom stereocenters. The minimum Gasteiger partial charge on any atom is -0.389 e. The van der Waals surface area contributed by atoms with Crippen molar-refractivity contribution < 1.29 is 5.11 Å². The summed E-state index contributed by atoms with van der Waals surface area (Å²) in [4.78, 5) is 0. The number of benzene rings is 1. The highest BCUT2D eigenvalue weighted by Gasteiger charge is 2.40. The molecule has 0 fully saturated rings. The SMILES string of the molecule is C[C@@H](c1ccccc1)[C@@](C)(O)C(C)(C)C. The van der Waals surface area contributed by atoms with E-state index in [1.807, 2.05) is 25.1 Å². The van der Waals surface area contributed by atoms with Crippen molar-refractivity contribution >= 4 is 0 Å². The Labute approximate surface area is 93.1 Å². The van der Waals surface area contributed by atoms with Crippen LogP contribution in [0.4, 0.5) is 0 Å². The number of hydrogen-bond acceptors (Lipinski definition) is 1. The normalized spacial score (nSPS) is 18.3. The van der Waals surface area contributed by atoms with Gasteiger partial charge in [-0.05, 0) is 17.9 Å². The van der Waals surface area contributed by atoms with Crippen LogP contribution in [0.25, 0.3) is 0 Å². The Morgan fingerprint density at radius 3 is 1.87 bits per heavy atom. The molecule has 0 aromatic heterocycles. The van der Waals surface area contributed by atoms with E-state index < -0.39 is 5.60 Å². The Morgan fingerprint density at radius 1 is 1.00 bits per heavy atom. The third-order valence-electron chi connectivity index (χ3n) is 3.66. The van der Waals surface area contributed by atoms with Crippen LogP contribution in [0.3, 0.4) is 0 Å². The molecule has 0 radical (unpaired) electrons. The summed E-state index contributed by atoms with van der Waals surface area (Å²) in [5, 5.41) is 10.6. The highest BCUT2D eigenvalue weighted by atomic mass is 16.3. The zero-order chi connectivity index (χ0) is 11.7. The molecule has 1 aromatic carbocycles. The number of aliphatic hydroxyl groups is 1.